The van der Waals surface area contributed by atoms with Gasteiger partial charge < -0.3 is 14.8 Å². The first kappa shape index (κ1) is 26.5. The van der Waals surface area contributed by atoms with Gasteiger partial charge in [0.05, 0.1) is 22.2 Å². The number of amides is 1. The third-order valence-electron chi connectivity index (χ3n) is 4.65. The molecule has 3 rings (SSSR count). The minimum atomic E-state index is -0.623. The van der Waals surface area contributed by atoms with Gasteiger partial charge in [0.1, 0.15) is 18.2 Å². The molecule has 0 saturated heterocycles. The highest BCUT2D eigenvalue weighted by Crippen LogP contribution is 2.35. The van der Waals surface area contributed by atoms with Gasteiger partial charge in [0.15, 0.2) is 5.75 Å². The summed E-state index contributed by atoms with van der Waals surface area (Å²) in [5.74, 6) is -0.765. The average molecular weight is 621 g/mol. The van der Waals surface area contributed by atoms with Gasteiger partial charge in [-0.15, -0.1) is 0 Å². The van der Waals surface area contributed by atoms with Gasteiger partial charge in [-0.1, -0.05) is 35.3 Å². The van der Waals surface area contributed by atoms with Gasteiger partial charge >= 0.3 is 5.97 Å². The summed E-state index contributed by atoms with van der Waals surface area (Å²) in [5, 5.41) is 12.6. The molecule has 1 N–H and O–H groups in total. The first-order chi connectivity index (χ1) is 16.8. The van der Waals surface area contributed by atoms with E-state index >= 15 is 0 Å². The molecule has 0 aliphatic rings. The number of nitrogens with zero attached hydrogens (tertiary/aromatic N) is 1. The predicted molar refractivity (Wildman–Crippen MR) is 145 cm³/mol. The van der Waals surface area contributed by atoms with Crippen LogP contribution in [0.25, 0.3) is 6.08 Å². The van der Waals surface area contributed by atoms with E-state index in [1.54, 1.807) is 31.2 Å². The number of ether oxygens (including phenoxy) is 2. The van der Waals surface area contributed by atoms with Crippen molar-refractivity contribution < 1.29 is 19.1 Å². The van der Waals surface area contributed by atoms with E-state index in [0.29, 0.717) is 22.6 Å². The Morgan fingerprint density at radius 3 is 2.26 bits per heavy atom. The standard InChI is InChI=1S/C26H19Cl2IN2O4/c1-2-34-26(33)18-5-9-21(10-6-18)31-25(32)19(14-30)11-17-12-22(27)24(23(28)13-17)35-15-16-3-7-20(29)8-4-16/h3-13H,2,15H2,1H3,(H,31,32)/b19-11+. The molecule has 1 amide bonds. The van der Waals surface area contributed by atoms with Crippen LogP contribution in [-0.4, -0.2) is 18.5 Å². The van der Waals surface area contributed by atoms with E-state index in [1.165, 1.54) is 18.2 Å². The van der Waals surface area contributed by atoms with Crippen molar-refractivity contribution in [1.82, 2.24) is 0 Å². The molecule has 3 aromatic carbocycles. The second kappa shape index (κ2) is 12.6. The smallest absolute Gasteiger partial charge is 0.338 e. The molecule has 0 bridgehead atoms. The van der Waals surface area contributed by atoms with Crippen molar-refractivity contribution in [3.8, 4) is 11.8 Å². The number of esters is 1. The highest BCUT2D eigenvalue weighted by Gasteiger charge is 2.14. The summed E-state index contributed by atoms with van der Waals surface area (Å²) in [4.78, 5) is 24.4. The Kier molecular flexibility index (Phi) is 9.55. The Bertz CT molecular complexity index is 1280. The summed E-state index contributed by atoms with van der Waals surface area (Å²) >= 11 is 15.0. The summed E-state index contributed by atoms with van der Waals surface area (Å²) in [6.45, 7) is 2.27. The molecule has 0 unspecified atom stereocenters. The fraction of sp³-hybridized carbons (Fsp3) is 0.115. The molecular formula is C26H19Cl2IN2O4. The Morgan fingerprint density at radius 2 is 1.69 bits per heavy atom. The van der Waals surface area contributed by atoms with Gasteiger partial charge in [-0.3, -0.25) is 4.79 Å². The summed E-state index contributed by atoms with van der Waals surface area (Å²) in [6, 6.07) is 19.0. The van der Waals surface area contributed by atoms with Crippen LogP contribution in [0.15, 0.2) is 66.2 Å². The molecule has 35 heavy (non-hydrogen) atoms. The highest BCUT2D eigenvalue weighted by atomic mass is 127. The number of hydrogen-bond donors (Lipinski definition) is 1. The van der Waals surface area contributed by atoms with Crippen molar-refractivity contribution in [3.05, 3.63) is 96.5 Å². The number of hydrogen-bond acceptors (Lipinski definition) is 5. The minimum Gasteiger partial charge on any atom is -0.486 e. The highest BCUT2D eigenvalue weighted by molar-refractivity contribution is 14.1. The van der Waals surface area contributed by atoms with Gasteiger partial charge in [-0.25, -0.2) is 4.79 Å². The fourth-order valence-electron chi connectivity index (χ4n) is 2.95. The third kappa shape index (κ3) is 7.46. The van der Waals surface area contributed by atoms with Gasteiger partial charge in [-0.05, 0) is 95.2 Å². The lowest BCUT2D eigenvalue weighted by Crippen LogP contribution is -2.13. The van der Waals surface area contributed by atoms with Crippen molar-refractivity contribution in [2.45, 2.75) is 13.5 Å². The molecule has 0 heterocycles. The average Bonchev–Trinajstić information content (AvgIpc) is 2.83. The lowest BCUT2D eigenvalue weighted by Gasteiger charge is -2.11. The number of rotatable bonds is 8. The quantitative estimate of drug-likeness (QED) is 0.128. The molecule has 3 aromatic rings. The zero-order valence-corrected chi connectivity index (χ0v) is 22.1. The molecular weight excluding hydrogens is 602 g/mol. The molecule has 9 heteroatoms. The first-order valence-corrected chi connectivity index (χ1v) is 12.2. The van der Waals surface area contributed by atoms with Crippen LogP contribution in [0.5, 0.6) is 5.75 Å². The van der Waals surface area contributed by atoms with Crippen molar-refractivity contribution in [1.29, 1.82) is 5.26 Å². The van der Waals surface area contributed by atoms with Crippen molar-refractivity contribution >= 4 is 69.4 Å². The SMILES string of the molecule is CCOC(=O)c1ccc(NC(=O)/C(C#N)=C/c2cc(Cl)c(OCc3ccc(I)cc3)c(Cl)c2)cc1. The molecule has 0 atom stereocenters. The second-order valence-corrected chi connectivity index (χ2v) is 9.21. The molecule has 0 aliphatic carbocycles. The Hall–Kier alpha value is -3.06. The van der Waals surface area contributed by atoms with Crippen LogP contribution in [0, 0.1) is 14.9 Å². The summed E-state index contributed by atoms with van der Waals surface area (Å²) in [6.07, 6.45) is 1.38. The van der Waals surface area contributed by atoms with Crippen LogP contribution < -0.4 is 10.1 Å². The summed E-state index contributed by atoms with van der Waals surface area (Å²) < 4.78 is 11.8. The molecule has 0 spiro atoms. The minimum absolute atomic E-state index is 0.154. The van der Waals surface area contributed by atoms with Crippen molar-refractivity contribution in [2.24, 2.45) is 0 Å². The topological polar surface area (TPSA) is 88.4 Å². The zero-order valence-electron chi connectivity index (χ0n) is 18.5. The predicted octanol–water partition coefficient (Wildman–Crippen LogP) is 6.90. The van der Waals surface area contributed by atoms with Crippen LogP contribution >= 0.6 is 45.8 Å². The number of nitrogens with one attached hydrogen (secondary N) is 1. The molecule has 0 fully saturated rings. The van der Waals surface area contributed by atoms with E-state index in [4.69, 9.17) is 32.7 Å². The maximum absolute atomic E-state index is 12.6. The van der Waals surface area contributed by atoms with Crippen molar-refractivity contribution in [3.63, 3.8) is 0 Å². The monoisotopic (exact) mass is 620 g/mol. The summed E-state index contributed by atoms with van der Waals surface area (Å²) in [7, 11) is 0. The van der Waals surface area contributed by atoms with Gasteiger partial charge in [0.2, 0.25) is 0 Å². The summed E-state index contributed by atoms with van der Waals surface area (Å²) in [5.41, 5.74) is 2.04. The maximum Gasteiger partial charge on any atom is 0.338 e. The molecule has 0 radical (unpaired) electrons. The number of halogens is 3. The molecule has 0 aromatic heterocycles. The van der Waals surface area contributed by atoms with Crippen LogP contribution in [-0.2, 0) is 16.1 Å². The zero-order chi connectivity index (χ0) is 25.4. The Balaban J connectivity index is 1.71. The number of nitriles is 1. The van der Waals surface area contributed by atoms with Gasteiger partial charge in [-0.2, -0.15) is 5.26 Å². The fourth-order valence-corrected chi connectivity index (χ4v) is 3.93. The van der Waals surface area contributed by atoms with E-state index in [0.717, 1.165) is 9.13 Å². The molecule has 6 nitrogen and oxygen atoms in total. The number of anilines is 1. The third-order valence-corrected chi connectivity index (χ3v) is 5.93. The number of benzene rings is 3. The van der Waals surface area contributed by atoms with Gasteiger partial charge in [0.25, 0.3) is 5.91 Å². The largest absolute Gasteiger partial charge is 0.486 e. The van der Waals surface area contributed by atoms with Crippen LogP contribution in [0.2, 0.25) is 10.0 Å². The van der Waals surface area contributed by atoms with E-state index in [2.05, 4.69) is 27.9 Å². The maximum atomic E-state index is 12.6. The Morgan fingerprint density at radius 1 is 1.06 bits per heavy atom. The van der Waals surface area contributed by atoms with Crippen LogP contribution in [0.1, 0.15) is 28.4 Å². The van der Waals surface area contributed by atoms with Crippen molar-refractivity contribution in [2.75, 3.05) is 11.9 Å². The first-order valence-electron chi connectivity index (χ1n) is 10.4. The van der Waals surface area contributed by atoms with Crippen LogP contribution in [0.4, 0.5) is 5.69 Å². The molecule has 178 valence electrons. The normalized spacial score (nSPS) is 10.9. The van der Waals surface area contributed by atoms with Crippen LogP contribution in [0.3, 0.4) is 0 Å². The number of carbonyl (C=O) groups excluding carboxylic acids is 2. The lowest BCUT2D eigenvalue weighted by molar-refractivity contribution is -0.112. The van der Waals surface area contributed by atoms with Gasteiger partial charge in [0, 0.05) is 9.26 Å². The second-order valence-electron chi connectivity index (χ2n) is 7.15. The molecule has 0 aliphatic heterocycles. The van der Waals surface area contributed by atoms with E-state index in [9.17, 15) is 14.9 Å². The number of carbonyl (C=O) groups is 2. The van der Waals surface area contributed by atoms with E-state index < -0.39 is 11.9 Å². The molecule has 0 saturated carbocycles. The Labute approximate surface area is 226 Å². The van der Waals surface area contributed by atoms with E-state index in [1.807, 2.05) is 30.3 Å². The lowest BCUT2D eigenvalue weighted by atomic mass is 10.1. The van der Waals surface area contributed by atoms with E-state index in [-0.39, 0.29) is 28.8 Å².